The Balaban J connectivity index is 1.93. The lowest BCUT2D eigenvalue weighted by Gasteiger charge is -2.33. The third kappa shape index (κ3) is 6.42. The summed E-state index contributed by atoms with van der Waals surface area (Å²) in [5.74, 6) is -0.484. The zero-order chi connectivity index (χ0) is 18.8. The Morgan fingerprint density at radius 3 is 2.54 bits per heavy atom. The Kier molecular flexibility index (Phi) is 8.58. The van der Waals surface area contributed by atoms with Crippen molar-refractivity contribution >= 4 is 11.9 Å². The number of ether oxygens (including phenoxy) is 2. The van der Waals surface area contributed by atoms with Crippen molar-refractivity contribution in [2.45, 2.75) is 39.2 Å². The van der Waals surface area contributed by atoms with E-state index in [0.717, 1.165) is 24.8 Å². The second kappa shape index (κ2) is 10.9. The largest absolute Gasteiger partial charge is 0.460 e. The van der Waals surface area contributed by atoms with E-state index in [2.05, 4.69) is 12.2 Å². The van der Waals surface area contributed by atoms with Crippen LogP contribution in [0.2, 0.25) is 0 Å². The summed E-state index contributed by atoms with van der Waals surface area (Å²) in [6, 6.07) is 6.75. The number of aryl methyl sites for hydroxylation is 1. The van der Waals surface area contributed by atoms with E-state index in [4.69, 9.17) is 9.47 Å². The first kappa shape index (κ1) is 20.4. The van der Waals surface area contributed by atoms with Gasteiger partial charge in [-0.05, 0) is 25.5 Å². The molecule has 1 amide bonds. The Morgan fingerprint density at radius 1 is 1.19 bits per heavy atom. The molecular weight excluding hydrogens is 332 g/mol. The van der Waals surface area contributed by atoms with Crippen molar-refractivity contribution in [2.75, 3.05) is 39.5 Å². The number of carbonyl (C=O) groups excluding carboxylic acids is 2. The van der Waals surface area contributed by atoms with Gasteiger partial charge >= 0.3 is 5.97 Å². The van der Waals surface area contributed by atoms with E-state index >= 15 is 0 Å². The molecule has 1 fully saturated rings. The lowest BCUT2D eigenvalue weighted by atomic mass is 10.1. The molecule has 6 heteroatoms. The lowest BCUT2D eigenvalue weighted by molar-refractivity contribution is -0.130. The number of morpholine rings is 1. The normalized spacial score (nSPS) is 16.1. The fourth-order valence-electron chi connectivity index (χ4n) is 2.87. The molecule has 6 nitrogen and oxygen atoms in total. The van der Waals surface area contributed by atoms with Gasteiger partial charge in [0.2, 0.25) is 5.91 Å². The Morgan fingerprint density at radius 2 is 1.88 bits per heavy atom. The van der Waals surface area contributed by atoms with Crippen molar-refractivity contribution in [3.8, 4) is 0 Å². The molecule has 0 saturated carbocycles. The number of unbranched alkanes of at least 4 members (excludes halogenated alkanes) is 2. The molecule has 0 radical (unpaired) electrons. The summed E-state index contributed by atoms with van der Waals surface area (Å²) in [7, 11) is 0. The first-order valence-electron chi connectivity index (χ1n) is 9.45. The van der Waals surface area contributed by atoms with Crippen LogP contribution in [0.4, 0.5) is 0 Å². The van der Waals surface area contributed by atoms with Gasteiger partial charge in [-0.2, -0.15) is 0 Å². The van der Waals surface area contributed by atoms with E-state index in [-0.39, 0.29) is 12.5 Å². The molecule has 1 aromatic rings. The van der Waals surface area contributed by atoms with Gasteiger partial charge in [0.05, 0.1) is 18.8 Å². The minimum Gasteiger partial charge on any atom is -0.460 e. The monoisotopic (exact) mass is 362 g/mol. The maximum absolute atomic E-state index is 12.6. The molecule has 0 aliphatic carbocycles. The summed E-state index contributed by atoms with van der Waals surface area (Å²) >= 11 is 0. The SMILES string of the molecule is CCCCCNC(=O)C(COC(=O)c1ccc(C)cc1)N1CCOCC1. The second-order valence-corrected chi connectivity index (χ2v) is 6.63. The molecule has 1 saturated heterocycles. The highest BCUT2D eigenvalue weighted by Gasteiger charge is 2.28. The van der Waals surface area contributed by atoms with E-state index in [1.54, 1.807) is 12.1 Å². The molecule has 26 heavy (non-hydrogen) atoms. The minimum atomic E-state index is -0.477. The zero-order valence-electron chi connectivity index (χ0n) is 15.8. The van der Waals surface area contributed by atoms with Crippen LogP contribution in [0.3, 0.4) is 0 Å². The van der Waals surface area contributed by atoms with Crippen LogP contribution in [0.5, 0.6) is 0 Å². The smallest absolute Gasteiger partial charge is 0.338 e. The molecule has 1 aromatic carbocycles. The van der Waals surface area contributed by atoms with Crippen molar-refractivity contribution in [1.29, 1.82) is 0 Å². The highest BCUT2D eigenvalue weighted by atomic mass is 16.5. The summed E-state index contributed by atoms with van der Waals surface area (Å²) in [5.41, 5.74) is 1.58. The number of nitrogens with one attached hydrogen (secondary N) is 1. The van der Waals surface area contributed by atoms with Gasteiger partial charge in [0.25, 0.3) is 0 Å². The maximum Gasteiger partial charge on any atom is 0.338 e. The van der Waals surface area contributed by atoms with Gasteiger partial charge in [-0.15, -0.1) is 0 Å². The minimum absolute atomic E-state index is 0.0479. The van der Waals surface area contributed by atoms with E-state index in [1.807, 2.05) is 24.0 Å². The molecular formula is C20H30N2O4. The Hall–Kier alpha value is -1.92. The van der Waals surface area contributed by atoms with Crippen molar-refractivity contribution in [1.82, 2.24) is 10.2 Å². The quantitative estimate of drug-likeness (QED) is 0.539. The first-order chi connectivity index (χ1) is 12.6. The van der Waals surface area contributed by atoms with Crippen molar-refractivity contribution < 1.29 is 19.1 Å². The van der Waals surface area contributed by atoms with Crippen LogP contribution in [0, 0.1) is 6.92 Å². The van der Waals surface area contributed by atoms with E-state index < -0.39 is 12.0 Å². The second-order valence-electron chi connectivity index (χ2n) is 6.63. The van der Waals surface area contributed by atoms with Crippen LogP contribution in [0.1, 0.15) is 42.1 Å². The molecule has 1 heterocycles. The average molecular weight is 362 g/mol. The van der Waals surface area contributed by atoms with Crippen molar-refractivity contribution in [2.24, 2.45) is 0 Å². The Labute approximate surface area is 155 Å². The van der Waals surface area contributed by atoms with Gasteiger partial charge < -0.3 is 14.8 Å². The van der Waals surface area contributed by atoms with Gasteiger partial charge in [0, 0.05) is 19.6 Å². The van der Waals surface area contributed by atoms with E-state index in [1.165, 1.54) is 0 Å². The van der Waals surface area contributed by atoms with Crippen molar-refractivity contribution in [3.63, 3.8) is 0 Å². The first-order valence-corrected chi connectivity index (χ1v) is 9.45. The van der Waals surface area contributed by atoms with Crippen LogP contribution in [-0.2, 0) is 14.3 Å². The van der Waals surface area contributed by atoms with E-state index in [9.17, 15) is 9.59 Å². The summed E-state index contributed by atoms with van der Waals surface area (Å²) in [6.07, 6.45) is 3.16. The summed E-state index contributed by atoms with van der Waals surface area (Å²) in [6.45, 7) is 7.29. The summed E-state index contributed by atoms with van der Waals surface area (Å²) < 4.78 is 10.8. The maximum atomic E-state index is 12.6. The molecule has 0 spiro atoms. The third-order valence-electron chi connectivity index (χ3n) is 4.53. The highest BCUT2D eigenvalue weighted by Crippen LogP contribution is 2.09. The predicted octanol–water partition coefficient (Wildman–Crippen LogP) is 2.16. The third-order valence-corrected chi connectivity index (χ3v) is 4.53. The molecule has 1 atom stereocenters. The van der Waals surface area contributed by atoms with Crippen LogP contribution in [-0.4, -0.2) is 62.3 Å². The molecule has 1 aliphatic heterocycles. The van der Waals surface area contributed by atoms with Crippen LogP contribution in [0.25, 0.3) is 0 Å². The predicted molar refractivity (Wildman–Crippen MR) is 100 cm³/mol. The van der Waals surface area contributed by atoms with E-state index in [0.29, 0.717) is 38.4 Å². The molecule has 0 aromatic heterocycles. The summed E-state index contributed by atoms with van der Waals surface area (Å²) in [4.78, 5) is 26.9. The molecule has 1 N–H and O–H groups in total. The van der Waals surface area contributed by atoms with Gasteiger partial charge in [-0.3, -0.25) is 9.69 Å². The van der Waals surface area contributed by atoms with Crippen LogP contribution >= 0.6 is 0 Å². The van der Waals surface area contributed by atoms with Gasteiger partial charge in [-0.25, -0.2) is 4.79 Å². The number of hydrogen-bond acceptors (Lipinski definition) is 5. The van der Waals surface area contributed by atoms with Crippen molar-refractivity contribution in [3.05, 3.63) is 35.4 Å². The van der Waals surface area contributed by atoms with Gasteiger partial charge in [-0.1, -0.05) is 37.5 Å². The number of hydrogen-bond donors (Lipinski definition) is 1. The lowest BCUT2D eigenvalue weighted by Crippen LogP contribution is -2.53. The Bertz CT molecular complexity index is 568. The fourth-order valence-corrected chi connectivity index (χ4v) is 2.87. The molecule has 1 unspecified atom stereocenters. The average Bonchev–Trinajstić information content (AvgIpc) is 2.66. The van der Waals surface area contributed by atoms with Crippen LogP contribution < -0.4 is 5.32 Å². The highest BCUT2D eigenvalue weighted by molar-refractivity contribution is 5.90. The van der Waals surface area contributed by atoms with Crippen LogP contribution in [0.15, 0.2) is 24.3 Å². The number of esters is 1. The fraction of sp³-hybridized carbons (Fsp3) is 0.600. The molecule has 144 valence electrons. The number of carbonyl (C=O) groups is 2. The van der Waals surface area contributed by atoms with Gasteiger partial charge in [0.15, 0.2) is 0 Å². The topological polar surface area (TPSA) is 67.9 Å². The number of nitrogens with zero attached hydrogens (tertiary/aromatic N) is 1. The van der Waals surface area contributed by atoms with Gasteiger partial charge in [0.1, 0.15) is 12.6 Å². The molecule has 0 bridgehead atoms. The zero-order valence-corrected chi connectivity index (χ0v) is 15.8. The standard InChI is InChI=1S/C20H30N2O4/c1-3-4-5-10-21-19(23)18(22-11-13-25-14-12-22)15-26-20(24)17-8-6-16(2)7-9-17/h6-9,18H,3-5,10-15H2,1-2H3,(H,21,23). The summed E-state index contributed by atoms with van der Waals surface area (Å²) in [5, 5.41) is 2.97. The number of benzene rings is 1. The molecule has 2 rings (SSSR count). The number of rotatable bonds is 9. The number of amides is 1. The molecule has 1 aliphatic rings.